The van der Waals surface area contributed by atoms with Crippen molar-refractivity contribution in [1.82, 2.24) is 5.32 Å². The molecule has 0 saturated carbocycles. The molecule has 1 unspecified atom stereocenters. The molecule has 0 aliphatic carbocycles. The second kappa shape index (κ2) is 10.7. The number of hydrogen-bond acceptors (Lipinski definition) is 5. The van der Waals surface area contributed by atoms with Crippen molar-refractivity contribution < 1.29 is 23.9 Å². The zero-order valence-corrected chi connectivity index (χ0v) is 17.7. The maximum absolute atomic E-state index is 12.9. The van der Waals surface area contributed by atoms with Gasteiger partial charge < -0.3 is 19.7 Å². The normalized spacial score (nSPS) is 13.8. The molecule has 1 aromatic carbocycles. The van der Waals surface area contributed by atoms with Gasteiger partial charge in [0.25, 0.3) is 6.47 Å². The van der Waals surface area contributed by atoms with E-state index in [4.69, 9.17) is 4.74 Å². The van der Waals surface area contributed by atoms with E-state index in [9.17, 15) is 14.4 Å². The molecule has 28 heavy (non-hydrogen) atoms. The van der Waals surface area contributed by atoms with E-state index in [1.165, 1.54) is 5.56 Å². The van der Waals surface area contributed by atoms with E-state index < -0.39 is 17.7 Å². The maximum Gasteiger partial charge on any atom is 0.408 e. The first kappa shape index (κ1) is 23.5. The molecular formula is C21H32N2O5. The summed E-state index contributed by atoms with van der Waals surface area (Å²) in [6.45, 7) is 12.6. The topological polar surface area (TPSA) is 84.9 Å². The Labute approximate surface area is 167 Å². The molecule has 1 aliphatic heterocycles. The Kier molecular flexibility index (Phi) is 8.96. The first-order valence-electron chi connectivity index (χ1n) is 9.54. The lowest BCUT2D eigenvalue weighted by Crippen LogP contribution is -2.52. The number of nitrogens with zero attached hydrogens (tertiary/aromatic N) is 1. The Hall–Kier alpha value is -2.57. The summed E-state index contributed by atoms with van der Waals surface area (Å²) < 4.78 is 9.43. The second-order valence-corrected chi connectivity index (χ2v) is 7.79. The predicted octanol–water partition coefficient (Wildman–Crippen LogP) is 3.30. The molecule has 7 nitrogen and oxygen atoms in total. The number of amides is 2. The number of benzene rings is 1. The van der Waals surface area contributed by atoms with E-state index in [2.05, 4.69) is 10.1 Å². The third-order valence-electron chi connectivity index (χ3n) is 3.99. The van der Waals surface area contributed by atoms with Gasteiger partial charge in [-0.2, -0.15) is 0 Å². The minimum atomic E-state index is -0.601. The van der Waals surface area contributed by atoms with Gasteiger partial charge in [-0.1, -0.05) is 32.0 Å². The zero-order valence-electron chi connectivity index (χ0n) is 17.7. The van der Waals surface area contributed by atoms with Crippen LogP contribution in [0.3, 0.4) is 0 Å². The van der Waals surface area contributed by atoms with Crippen LogP contribution in [0, 0.1) is 5.92 Å². The molecule has 0 bridgehead atoms. The number of carbonyl (C=O) groups is 3. The van der Waals surface area contributed by atoms with Gasteiger partial charge in [0.2, 0.25) is 5.91 Å². The summed E-state index contributed by atoms with van der Waals surface area (Å²) in [6, 6.07) is 7.29. The van der Waals surface area contributed by atoms with Crippen molar-refractivity contribution in [2.75, 3.05) is 18.1 Å². The minimum Gasteiger partial charge on any atom is -0.468 e. The van der Waals surface area contributed by atoms with Crippen LogP contribution >= 0.6 is 0 Å². The molecule has 7 heteroatoms. The quantitative estimate of drug-likeness (QED) is 0.777. The van der Waals surface area contributed by atoms with Gasteiger partial charge in [0, 0.05) is 12.2 Å². The highest BCUT2D eigenvalue weighted by molar-refractivity contribution is 6.00. The van der Waals surface area contributed by atoms with Crippen LogP contribution < -0.4 is 10.2 Å². The van der Waals surface area contributed by atoms with Gasteiger partial charge in [0.1, 0.15) is 11.6 Å². The fourth-order valence-corrected chi connectivity index (χ4v) is 2.75. The van der Waals surface area contributed by atoms with E-state index in [0.29, 0.717) is 19.6 Å². The number of carbonyl (C=O) groups excluding carboxylic acids is 3. The summed E-state index contributed by atoms with van der Waals surface area (Å²) in [5, 5.41) is 2.73. The molecule has 1 aliphatic rings. The Bertz CT molecular complexity index is 667. The van der Waals surface area contributed by atoms with Gasteiger partial charge in [-0.15, -0.1) is 0 Å². The number of hydrogen-bond donors (Lipinski definition) is 1. The second-order valence-electron chi connectivity index (χ2n) is 7.79. The van der Waals surface area contributed by atoms with Crippen molar-refractivity contribution >= 4 is 24.2 Å². The molecule has 1 aromatic rings. The molecule has 1 atom stereocenters. The average molecular weight is 392 g/mol. The third kappa shape index (κ3) is 7.21. The van der Waals surface area contributed by atoms with E-state index in [1.807, 2.05) is 38.1 Å². The fourth-order valence-electron chi connectivity index (χ4n) is 2.75. The lowest BCUT2D eigenvalue weighted by atomic mass is 10.0. The summed E-state index contributed by atoms with van der Waals surface area (Å²) >= 11 is 0. The Balaban J connectivity index is 0.000000696. The standard InChI is InChI=1S/C18H26N2O3.C3H6O2/c1-12(2)15(19-17(22)23-18(3,4)5)16(21)20-11-10-13-8-6-7-9-14(13)20;1-2-5-3-4/h6-9,12,15H,10-11H2,1-5H3,(H,19,22);3H,2H2,1H3. The van der Waals surface area contributed by atoms with Crippen molar-refractivity contribution in [3.8, 4) is 0 Å². The highest BCUT2D eigenvalue weighted by Gasteiger charge is 2.33. The molecule has 0 fully saturated rings. The number of nitrogens with one attached hydrogen (secondary N) is 1. The molecule has 0 aromatic heterocycles. The number of anilines is 1. The molecule has 156 valence electrons. The van der Waals surface area contributed by atoms with Crippen LogP contribution in [0.2, 0.25) is 0 Å². The van der Waals surface area contributed by atoms with Crippen LogP contribution in [0.4, 0.5) is 10.5 Å². The molecule has 1 heterocycles. The SMILES string of the molecule is CC(C)C(NC(=O)OC(C)(C)C)C(=O)N1CCc2ccccc21.CCOC=O. The molecular weight excluding hydrogens is 360 g/mol. The molecule has 1 N–H and O–H groups in total. The number of fused-ring (bicyclic) bond motifs is 1. The Morgan fingerprint density at radius 1 is 1.25 bits per heavy atom. The van der Waals surface area contributed by atoms with Crippen molar-refractivity contribution in [3.63, 3.8) is 0 Å². The average Bonchev–Trinajstić information content (AvgIpc) is 3.03. The lowest BCUT2D eigenvalue weighted by Gasteiger charge is -2.28. The van der Waals surface area contributed by atoms with E-state index >= 15 is 0 Å². The lowest BCUT2D eigenvalue weighted by molar-refractivity contribution is -0.128. The molecule has 2 amide bonds. The Morgan fingerprint density at radius 2 is 1.89 bits per heavy atom. The van der Waals surface area contributed by atoms with Gasteiger partial charge in [0.15, 0.2) is 0 Å². The number of para-hydroxylation sites is 1. The largest absolute Gasteiger partial charge is 0.468 e. The van der Waals surface area contributed by atoms with Crippen molar-refractivity contribution in [1.29, 1.82) is 0 Å². The monoisotopic (exact) mass is 392 g/mol. The van der Waals surface area contributed by atoms with Crippen LogP contribution in [-0.2, 0) is 25.5 Å². The highest BCUT2D eigenvalue weighted by atomic mass is 16.6. The number of alkyl carbamates (subject to hydrolysis) is 1. The minimum absolute atomic E-state index is 0.0252. The molecule has 0 radical (unpaired) electrons. The summed E-state index contributed by atoms with van der Waals surface area (Å²) in [5.74, 6) is -0.112. The van der Waals surface area contributed by atoms with Crippen LogP contribution in [0.25, 0.3) is 0 Å². The summed E-state index contributed by atoms with van der Waals surface area (Å²) in [5.41, 5.74) is 1.52. The van der Waals surface area contributed by atoms with Gasteiger partial charge in [0.05, 0.1) is 6.61 Å². The molecule has 0 saturated heterocycles. The molecule has 2 rings (SSSR count). The first-order chi connectivity index (χ1) is 13.1. The van der Waals surface area contributed by atoms with Crippen LogP contribution in [0.5, 0.6) is 0 Å². The fraction of sp³-hybridized carbons (Fsp3) is 0.571. The predicted molar refractivity (Wildman–Crippen MR) is 108 cm³/mol. The van der Waals surface area contributed by atoms with Crippen LogP contribution in [0.15, 0.2) is 24.3 Å². The third-order valence-corrected chi connectivity index (χ3v) is 3.99. The summed E-state index contributed by atoms with van der Waals surface area (Å²) in [4.78, 5) is 35.9. The summed E-state index contributed by atoms with van der Waals surface area (Å²) in [6.07, 6.45) is 0.288. The van der Waals surface area contributed by atoms with E-state index in [-0.39, 0.29) is 11.8 Å². The highest BCUT2D eigenvalue weighted by Crippen LogP contribution is 2.28. The van der Waals surface area contributed by atoms with Gasteiger partial charge in [-0.25, -0.2) is 4.79 Å². The molecule has 0 spiro atoms. The van der Waals surface area contributed by atoms with Crippen molar-refractivity contribution in [2.45, 2.75) is 59.6 Å². The number of ether oxygens (including phenoxy) is 2. The van der Waals surface area contributed by atoms with Crippen LogP contribution in [-0.4, -0.2) is 43.3 Å². The zero-order chi connectivity index (χ0) is 21.3. The van der Waals surface area contributed by atoms with Crippen molar-refractivity contribution in [3.05, 3.63) is 29.8 Å². The van der Waals surface area contributed by atoms with Gasteiger partial charge in [-0.05, 0) is 51.7 Å². The summed E-state index contributed by atoms with van der Waals surface area (Å²) in [7, 11) is 0. The van der Waals surface area contributed by atoms with E-state index in [0.717, 1.165) is 12.1 Å². The van der Waals surface area contributed by atoms with Gasteiger partial charge >= 0.3 is 6.09 Å². The van der Waals surface area contributed by atoms with Gasteiger partial charge in [-0.3, -0.25) is 9.59 Å². The first-order valence-corrected chi connectivity index (χ1v) is 9.54. The smallest absolute Gasteiger partial charge is 0.408 e. The Morgan fingerprint density at radius 3 is 2.39 bits per heavy atom. The maximum atomic E-state index is 12.9. The number of rotatable bonds is 5. The van der Waals surface area contributed by atoms with Crippen LogP contribution in [0.1, 0.15) is 47.1 Å². The van der Waals surface area contributed by atoms with Crippen molar-refractivity contribution in [2.24, 2.45) is 5.92 Å². The van der Waals surface area contributed by atoms with E-state index in [1.54, 1.807) is 32.6 Å².